The second-order valence-corrected chi connectivity index (χ2v) is 9.58. The Morgan fingerprint density at radius 1 is 0.578 bits per heavy atom. The number of anilines is 2. The fraction of sp³-hybridized carbons (Fsp3) is 0.235. The van der Waals surface area contributed by atoms with Gasteiger partial charge in [0, 0.05) is 31.8 Å². The minimum Gasteiger partial charge on any atom is -0.496 e. The van der Waals surface area contributed by atoms with E-state index in [9.17, 15) is 9.59 Å². The van der Waals surface area contributed by atoms with Crippen LogP contribution in [-0.4, -0.2) is 68.6 Å². The van der Waals surface area contributed by atoms with Crippen LogP contribution in [0.4, 0.5) is 11.4 Å². The highest BCUT2D eigenvalue weighted by Gasteiger charge is 2.23. The quantitative estimate of drug-likeness (QED) is 0.151. The molecule has 45 heavy (non-hydrogen) atoms. The van der Waals surface area contributed by atoms with Gasteiger partial charge in [0.15, 0.2) is 23.0 Å². The number of nitrogens with one attached hydrogen (secondary N) is 1. The molecule has 0 aliphatic carbocycles. The molecule has 0 aromatic heterocycles. The molecule has 0 radical (unpaired) electrons. The molecule has 0 fully saturated rings. The highest BCUT2D eigenvalue weighted by atomic mass is 16.6. The van der Waals surface area contributed by atoms with E-state index in [0.717, 1.165) is 16.8 Å². The zero-order valence-corrected chi connectivity index (χ0v) is 26.5. The van der Waals surface area contributed by atoms with E-state index in [0.29, 0.717) is 34.2 Å². The predicted molar refractivity (Wildman–Crippen MR) is 171 cm³/mol. The first kappa shape index (κ1) is 32.3. The van der Waals surface area contributed by atoms with Crippen LogP contribution < -0.4 is 43.4 Å². The molecule has 4 aromatic rings. The molecule has 0 spiro atoms. The number of carbonyl (C=O) groups excluding carboxylic acids is 2. The van der Waals surface area contributed by atoms with Gasteiger partial charge in [-0.2, -0.15) is 0 Å². The Labute approximate surface area is 262 Å². The summed E-state index contributed by atoms with van der Waals surface area (Å²) < 4.78 is 38.2. The number of esters is 1. The van der Waals surface area contributed by atoms with Crippen molar-refractivity contribution in [1.29, 1.82) is 0 Å². The third-order valence-corrected chi connectivity index (χ3v) is 7.19. The molecule has 1 N–H and O–H groups in total. The van der Waals surface area contributed by atoms with Gasteiger partial charge in [0.2, 0.25) is 0 Å². The maximum absolute atomic E-state index is 13.6. The Morgan fingerprint density at radius 3 is 1.73 bits per heavy atom. The third kappa shape index (κ3) is 6.67. The summed E-state index contributed by atoms with van der Waals surface area (Å²) in [6, 6.07) is 18.9. The molecule has 0 aliphatic heterocycles. The van der Waals surface area contributed by atoms with Crippen LogP contribution in [0.15, 0.2) is 66.7 Å². The van der Waals surface area contributed by atoms with Crippen molar-refractivity contribution < 1.29 is 42.7 Å². The molecule has 0 heterocycles. The van der Waals surface area contributed by atoms with E-state index in [2.05, 4.69) is 5.32 Å². The average Bonchev–Trinajstić information content (AvgIpc) is 3.09. The monoisotopic (exact) mass is 616 g/mol. The van der Waals surface area contributed by atoms with Gasteiger partial charge in [-0.1, -0.05) is 12.1 Å². The van der Waals surface area contributed by atoms with Crippen molar-refractivity contribution in [3.05, 3.63) is 77.9 Å². The van der Waals surface area contributed by atoms with Crippen LogP contribution in [0, 0.1) is 0 Å². The van der Waals surface area contributed by atoms with Crippen molar-refractivity contribution in [3.8, 4) is 51.4 Å². The highest BCUT2D eigenvalue weighted by molar-refractivity contribution is 6.07. The van der Waals surface area contributed by atoms with Crippen LogP contribution in [0.1, 0.15) is 20.7 Å². The number of carbonyl (C=O) groups is 2. The molecule has 0 aliphatic rings. The van der Waals surface area contributed by atoms with E-state index in [-0.39, 0.29) is 28.7 Å². The van der Waals surface area contributed by atoms with Crippen LogP contribution in [0.5, 0.6) is 40.2 Å². The molecule has 1 amide bonds. The minimum absolute atomic E-state index is 0.111. The van der Waals surface area contributed by atoms with Crippen LogP contribution in [0.3, 0.4) is 0 Å². The first-order valence-corrected chi connectivity index (χ1v) is 13.8. The summed E-state index contributed by atoms with van der Waals surface area (Å²) >= 11 is 0. The maximum Gasteiger partial charge on any atom is 0.347 e. The summed E-state index contributed by atoms with van der Waals surface area (Å²) in [7, 11) is 12.4. The second-order valence-electron chi connectivity index (χ2n) is 9.58. The first-order chi connectivity index (χ1) is 21.7. The summed E-state index contributed by atoms with van der Waals surface area (Å²) in [6.07, 6.45) is 0. The summed E-state index contributed by atoms with van der Waals surface area (Å²) in [6.45, 7) is 0. The van der Waals surface area contributed by atoms with Gasteiger partial charge in [-0.3, -0.25) is 4.79 Å². The summed E-state index contributed by atoms with van der Waals surface area (Å²) in [4.78, 5) is 28.2. The molecule has 0 saturated carbocycles. The molecule has 11 heteroatoms. The molecule has 11 nitrogen and oxygen atoms in total. The zero-order chi connectivity index (χ0) is 32.7. The van der Waals surface area contributed by atoms with Gasteiger partial charge in [-0.05, 0) is 53.6 Å². The minimum atomic E-state index is -0.717. The summed E-state index contributed by atoms with van der Waals surface area (Å²) in [5.74, 6) is 1.41. The first-order valence-electron chi connectivity index (χ1n) is 13.8. The van der Waals surface area contributed by atoms with Gasteiger partial charge >= 0.3 is 5.97 Å². The third-order valence-electron chi connectivity index (χ3n) is 7.19. The van der Waals surface area contributed by atoms with E-state index in [1.54, 1.807) is 27.3 Å². The second kappa shape index (κ2) is 14.3. The van der Waals surface area contributed by atoms with E-state index in [1.807, 2.05) is 43.4 Å². The van der Waals surface area contributed by atoms with Gasteiger partial charge in [0.05, 0.1) is 54.0 Å². The van der Waals surface area contributed by atoms with Crippen LogP contribution in [0.2, 0.25) is 0 Å². The van der Waals surface area contributed by atoms with E-state index in [1.165, 1.54) is 57.6 Å². The average molecular weight is 617 g/mol. The smallest absolute Gasteiger partial charge is 0.347 e. The number of hydrogen-bond acceptors (Lipinski definition) is 10. The summed E-state index contributed by atoms with van der Waals surface area (Å²) in [5, 5.41) is 3.10. The van der Waals surface area contributed by atoms with E-state index >= 15 is 0 Å². The van der Waals surface area contributed by atoms with Gasteiger partial charge in [-0.15, -0.1) is 0 Å². The number of benzene rings is 4. The Hall–Kier alpha value is -5.58. The van der Waals surface area contributed by atoms with Gasteiger partial charge in [0.1, 0.15) is 22.8 Å². The molecule has 0 atom stereocenters. The predicted octanol–water partition coefficient (Wildman–Crippen LogP) is 5.94. The van der Waals surface area contributed by atoms with Gasteiger partial charge in [-0.25, -0.2) is 4.79 Å². The largest absolute Gasteiger partial charge is 0.496 e. The molecule has 0 saturated heterocycles. The maximum atomic E-state index is 13.6. The van der Waals surface area contributed by atoms with Gasteiger partial charge in [0.25, 0.3) is 5.91 Å². The molecule has 0 unspecified atom stereocenters. The van der Waals surface area contributed by atoms with Crippen molar-refractivity contribution in [3.63, 3.8) is 0 Å². The number of rotatable bonds is 12. The summed E-state index contributed by atoms with van der Waals surface area (Å²) in [5.41, 5.74) is 3.65. The number of hydrogen-bond donors (Lipinski definition) is 1. The van der Waals surface area contributed by atoms with E-state index < -0.39 is 5.97 Å². The molecular formula is C34H36N2O9. The number of nitrogens with zero attached hydrogens (tertiary/aromatic N) is 1. The standard InChI is InChI=1S/C34H36N2O9/c1-35-24-12-9-20(15-28(24)40-4)21-10-13-25(29(16-21)41-5)36(2)33(37)22-11-14-26(30(17-22)42-6)45-34(38)23-18-31(43-7)32(44-8)19-27(23)39-3/h9-19,35H,1-8H3. The molecule has 4 aromatic carbocycles. The molecule has 236 valence electrons. The lowest BCUT2D eigenvalue weighted by Gasteiger charge is -2.21. The lowest BCUT2D eigenvalue weighted by molar-refractivity contribution is 0.0725. The number of amides is 1. The van der Waals surface area contributed by atoms with E-state index in [4.69, 9.17) is 33.2 Å². The Kier molecular flexibility index (Phi) is 10.2. The van der Waals surface area contributed by atoms with Crippen LogP contribution >= 0.6 is 0 Å². The van der Waals surface area contributed by atoms with Crippen molar-refractivity contribution >= 4 is 23.3 Å². The van der Waals surface area contributed by atoms with Crippen LogP contribution in [0.25, 0.3) is 11.1 Å². The van der Waals surface area contributed by atoms with Crippen molar-refractivity contribution in [2.24, 2.45) is 0 Å². The normalized spacial score (nSPS) is 10.4. The van der Waals surface area contributed by atoms with Crippen molar-refractivity contribution in [2.75, 3.05) is 67.0 Å². The fourth-order valence-corrected chi connectivity index (χ4v) is 4.74. The Bertz CT molecular complexity index is 1700. The Morgan fingerprint density at radius 2 is 1.13 bits per heavy atom. The van der Waals surface area contributed by atoms with Crippen LogP contribution in [-0.2, 0) is 0 Å². The molecular weight excluding hydrogens is 580 g/mol. The highest BCUT2D eigenvalue weighted by Crippen LogP contribution is 2.38. The fourth-order valence-electron chi connectivity index (χ4n) is 4.74. The lowest BCUT2D eigenvalue weighted by atomic mass is 10.0. The topological polar surface area (TPSA) is 114 Å². The zero-order valence-electron chi connectivity index (χ0n) is 26.5. The SMILES string of the molecule is CNc1ccc(-c2ccc(N(C)C(=O)c3ccc(OC(=O)c4cc(OC)c(OC)cc4OC)c(OC)c3)c(OC)c2)cc1OC. The van der Waals surface area contributed by atoms with Crippen molar-refractivity contribution in [2.45, 2.75) is 0 Å². The van der Waals surface area contributed by atoms with Gasteiger partial charge < -0.3 is 43.4 Å². The number of ether oxygens (including phenoxy) is 7. The molecule has 4 rings (SSSR count). The van der Waals surface area contributed by atoms with Crippen molar-refractivity contribution in [1.82, 2.24) is 0 Å². The lowest BCUT2D eigenvalue weighted by Crippen LogP contribution is -2.26. The molecule has 0 bridgehead atoms. The Balaban J connectivity index is 1.59. The number of methoxy groups -OCH3 is 6.